The van der Waals surface area contributed by atoms with Crippen molar-refractivity contribution in [3.8, 4) is 5.75 Å². The Bertz CT molecular complexity index is 249. The molecule has 3 heteroatoms. The molecule has 1 atom stereocenters. The summed E-state index contributed by atoms with van der Waals surface area (Å²) in [5, 5.41) is 0. The summed E-state index contributed by atoms with van der Waals surface area (Å²) >= 11 is 0. The van der Waals surface area contributed by atoms with Crippen LogP contribution >= 0.6 is 0 Å². The summed E-state index contributed by atoms with van der Waals surface area (Å²) in [5.41, 5.74) is 6.54. The first kappa shape index (κ1) is 5.68. The fourth-order valence-electron chi connectivity index (χ4n) is 1.06. The summed E-state index contributed by atoms with van der Waals surface area (Å²) in [6.07, 6.45) is 1.73. The van der Waals surface area contributed by atoms with Crippen LogP contribution in [0.4, 0.5) is 0 Å². The summed E-state index contributed by atoms with van der Waals surface area (Å²) in [6, 6.07) is 3.70. The second-order valence-electron chi connectivity index (χ2n) is 2.30. The van der Waals surface area contributed by atoms with Gasteiger partial charge in [-0.2, -0.15) is 0 Å². The van der Waals surface area contributed by atoms with Crippen molar-refractivity contribution in [1.82, 2.24) is 4.98 Å². The van der Waals surface area contributed by atoms with E-state index in [2.05, 4.69) is 4.98 Å². The van der Waals surface area contributed by atoms with Crippen LogP contribution in [0.1, 0.15) is 11.7 Å². The number of fused-ring (bicyclic) bond motifs is 1. The third kappa shape index (κ3) is 0.675. The molecule has 2 heterocycles. The lowest BCUT2D eigenvalue weighted by Gasteiger charge is -1.95. The van der Waals surface area contributed by atoms with Crippen LogP contribution < -0.4 is 10.5 Å². The van der Waals surface area contributed by atoms with Crippen molar-refractivity contribution in [1.29, 1.82) is 0 Å². The van der Waals surface area contributed by atoms with Gasteiger partial charge in [-0.3, -0.25) is 4.98 Å². The molecule has 1 unspecified atom stereocenters. The van der Waals surface area contributed by atoms with Gasteiger partial charge in [0.25, 0.3) is 0 Å². The molecule has 0 saturated carbocycles. The normalized spacial score (nSPS) is 21.9. The Morgan fingerprint density at radius 1 is 1.70 bits per heavy atom. The molecular weight excluding hydrogens is 128 g/mol. The largest absolute Gasteiger partial charge is 0.490 e. The fourth-order valence-corrected chi connectivity index (χ4v) is 1.06. The van der Waals surface area contributed by atoms with E-state index in [0.717, 1.165) is 11.4 Å². The molecule has 2 rings (SSSR count). The Balaban J connectivity index is 2.51. The van der Waals surface area contributed by atoms with Crippen LogP contribution in [0.5, 0.6) is 5.75 Å². The standard InChI is InChI=1S/C7H8N2O/c8-5-4-10-6-2-1-3-9-7(5)6/h1-3,5H,4,8H2. The van der Waals surface area contributed by atoms with E-state index in [0.29, 0.717) is 6.61 Å². The number of nitrogens with zero attached hydrogens (tertiary/aromatic N) is 1. The molecule has 0 fully saturated rings. The molecule has 0 aliphatic carbocycles. The van der Waals surface area contributed by atoms with Crippen molar-refractivity contribution in [2.24, 2.45) is 5.73 Å². The molecule has 1 aliphatic heterocycles. The van der Waals surface area contributed by atoms with Crippen molar-refractivity contribution in [3.63, 3.8) is 0 Å². The molecule has 0 aromatic carbocycles. The van der Waals surface area contributed by atoms with Crippen LogP contribution in [0, 0.1) is 0 Å². The van der Waals surface area contributed by atoms with Gasteiger partial charge in [0, 0.05) is 6.20 Å². The van der Waals surface area contributed by atoms with Crippen molar-refractivity contribution in [2.75, 3.05) is 6.61 Å². The highest BCUT2D eigenvalue weighted by molar-refractivity contribution is 5.32. The quantitative estimate of drug-likeness (QED) is 0.564. The Kier molecular flexibility index (Phi) is 1.11. The third-order valence-electron chi connectivity index (χ3n) is 1.57. The van der Waals surface area contributed by atoms with Crippen molar-refractivity contribution >= 4 is 0 Å². The Morgan fingerprint density at radius 2 is 2.60 bits per heavy atom. The maximum absolute atomic E-state index is 5.66. The lowest BCUT2D eigenvalue weighted by Crippen LogP contribution is -2.11. The van der Waals surface area contributed by atoms with Gasteiger partial charge in [-0.05, 0) is 12.1 Å². The number of pyridine rings is 1. The molecule has 52 valence electrons. The van der Waals surface area contributed by atoms with Gasteiger partial charge < -0.3 is 10.5 Å². The molecule has 1 aromatic rings. The number of nitrogens with two attached hydrogens (primary N) is 1. The lowest BCUT2D eigenvalue weighted by molar-refractivity contribution is 0.333. The van der Waals surface area contributed by atoms with Gasteiger partial charge in [0.1, 0.15) is 18.1 Å². The van der Waals surface area contributed by atoms with Crippen LogP contribution in [0.25, 0.3) is 0 Å². The number of hydrogen-bond acceptors (Lipinski definition) is 3. The van der Waals surface area contributed by atoms with Gasteiger partial charge in [-0.15, -0.1) is 0 Å². The Labute approximate surface area is 58.8 Å². The molecule has 1 aliphatic rings. The zero-order valence-corrected chi connectivity index (χ0v) is 5.45. The Hall–Kier alpha value is -1.09. The molecule has 3 nitrogen and oxygen atoms in total. The maximum Gasteiger partial charge on any atom is 0.142 e. The van der Waals surface area contributed by atoms with Crippen LogP contribution in [0.2, 0.25) is 0 Å². The zero-order chi connectivity index (χ0) is 6.97. The van der Waals surface area contributed by atoms with Crippen LogP contribution in [0.15, 0.2) is 18.3 Å². The van der Waals surface area contributed by atoms with Crippen LogP contribution in [0.3, 0.4) is 0 Å². The number of aromatic nitrogens is 1. The lowest BCUT2D eigenvalue weighted by atomic mass is 10.2. The van der Waals surface area contributed by atoms with Crippen molar-refractivity contribution in [3.05, 3.63) is 24.0 Å². The van der Waals surface area contributed by atoms with E-state index in [9.17, 15) is 0 Å². The van der Waals surface area contributed by atoms with Gasteiger partial charge in [0.15, 0.2) is 0 Å². The van der Waals surface area contributed by atoms with E-state index in [1.165, 1.54) is 0 Å². The minimum absolute atomic E-state index is 0.0313. The molecule has 1 aromatic heterocycles. The maximum atomic E-state index is 5.66. The van der Waals surface area contributed by atoms with Gasteiger partial charge in [-0.25, -0.2) is 0 Å². The third-order valence-corrected chi connectivity index (χ3v) is 1.57. The Morgan fingerprint density at radius 3 is 3.40 bits per heavy atom. The first-order chi connectivity index (χ1) is 4.88. The summed E-state index contributed by atoms with van der Waals surface area (Å²) in [4.78, 5) is 4.09. The van der Waals surface area contributed by atoms with E-state index in [1.54, 1.807) is 6.20 Å². The van der Waals surface area contributed by atoms with Crippen LogP contribution in [-0.2, 0) is 0 Å². The molecule has 0 spiro atoms. The van der Waals surface area contributed by atoms with E-state index in [-0.39, 0.29) is 6.04 Å². The molecule has 2 N–H and O–H groups in total. The molecule has 0 bridgehead atoms. The molecule has 10 heavy (non-hydrogen) atoms. The van der Waals surface area contributed by atoms with E-state index in [1.807, 2.05) is 12.1 Å². The second kappa shape index (κ2) is 1.95. The summed E-state index contributed by atoms with van der Waals surface area (Å²) in [5.74, 6) is 0.829. The van der Waals surface area contributed by atoms with Crippen molar-refractivity contribution < 1.29 is 4.74 Å². The SMILES string of the molecule is NC1COc2cccnc21. The topological polar surface area (TPSA) is 48.1 Å². The highest BCUT2D eigenvalue weighted by Gasteiger charge is 2.20. The van der Waals surface area contributed by atoms with Crippen molar-refractivity contribution in [2.45, 2.75) is 6.04 Å². The van der Waals surface area contributed by atoms with E-state index >= 15 is 0 Å². The summed E-state index contributed by atoms with van der Waals surface area (Å²) < 4.78 is 5.22. The zero-order valence-electron chi connectivity index (χ0n) is 5.45. The first-order valence-corrected chi connectivity index (χ1v) is 3.21. The average molecular weight is 136 g/mol. The van der Waals surface area contributed by atoms with Gasteiger partial charge in [0.05, 0.1) is 6.04 Å². The number of ether oxygens (including phenoxy) is 1. The predicted molar refractivity (Wildman–Crippen MR) is 36.7 cm³/mol. The second-order valence-corrected chi connectivity index (χ2v) is 2.30. The highest BCUT2D eigenvalue weighted by Crippen LogP contribution is 2.27. The minimum Gasteiger partial charge on any atom is -0.490 e. The van der Waals surface area contributed by atoms with Crippen LogP contribution in [-0.4, -0.2) is 11.6 Å². The van der Waals surface area contributed by atoms with E-state index in [4.69, 9.17) is 10.5 Å². The molecule has 0 amide bonds. The summed E-state index contributed by atoms with van der Waals surface area (Å²) in [6.45, 7) is 0.562. The molecular formula is C7H8N2O. The monoisotopic (exact) mass is 136 g/mol. The minimum atomic E-state index is -0.0313. The average Bonchev–Trinajstić information content (AvgIpc) is 2.34. The fraction of sp³-hybridized carbons (Fsp3) is 0.286. The van der Waals surface area contributed by atoms with Gasteiger partial charge >= 0.3 is 0 Å². The van der Waals surface area contributed by atoms with Gasteiger partial charge in [0.2, 0.25) is 0 Å². The predicted octanol–water partition coefficient (Wildman–Crippen LogP) is 0.474. The number of hydrogen-bond donors (Lipinski definition) is 1. The first-order valence-electron chi connectivity index (χ1n) is 3.21. The smallest absolute Gasteiger partial charge is 0.142 e. The molecule has 0 saturated heterocycles. The highest BCUT2D eigenvalue weighted by atomic mass is 16.5. The molecule has 0 radical (unpaired) electrons. The summed E-state index contributed by atoms with van der Waals surface area (Å²) in [7, 11) is 0. The number of rotatable bonds is 0. The van der Waals surface area contributed by atoms with E-state index < -0.39 is 0 Å². The van der Waals surface area contributed by atoms with Gasteiger partial charge in [-0.1, -0.05) is 0 Å².